The third kappa shape index (κ3) is 3.48. The minimum atomic E-state index is 0.785. The highest BCUT2D eigenvalue weighted by Crippen LogP contribution is 2.41. The summed E-state index contributed by atoms with van der Waals surface area (Å²) in [6, 6.07) is 48.0. The zero-order valence-electron chi connectivity index (χ0n) is 21.1. The molecule has 0 spiro atoms. The van der Waals surface area contributed by atoms with E-state index in [1.807, 2.05) is 23.5 Å². The molecule has 2 heterocycles. The Labute approximate surface area is 230 Å². The summed E-state index contributed by atoms with van der Waals surface area (Å²) in [7, 11) is 0. The normalized spacial score (nSPS) is 11.7. The highest BCUT2D eigenvalue weighted by Gasteiger charge is 2.16. The van der Waals surface area contributed by atoms with Crippen LogP contribution in [-0.4, -0.2) is 4.57 Å². The fraction of sp³-hybridized carbons (Fsp3) is 0. The molecule has 2 nitrogen and oxygen atoms in total. The van der Waals surface area contributed by atoms with Gasteiger partial charge in [0.2, 0.25) is 0 Å². The first-order valence-electron chi connectivity index (χ1n) is 13.1. The topological polar surface area (TPSA) is 30.9 Å². The number of nitrogens with zero attached hydrogens (tertiary/aromatic N) is 1. The molecule has 2 N–H and O–H groups in total. The largest absolute Gasteiger partial charge is 0.399 e. The summed E-state index contributed by atoms with van der Waals surface area (Å²) < 4.78 is 5.02. The Morgan fingerprint density at radius 1 is 0.462 bits per heavy atom. The number of anilines is 1. The third-order valence-electron chi connectivity index (χ3n) is 7.75. The number of fused-ring (bicyclic) bond motifs is 6. The van der Waals surface area contributed by atoms with Gasteiger partial charge < -0.3 is 10.3 Å². The molecule has 0 unspecified atom stereocenters. The lowest BCUT2D eigenvalue weighted by Gasteiger charge is -2.14. The second-order valence-corrected chi connectivity index (χ2v) is 11.1. The molecule has 0 saturated carbocycles. The number of rotatable bonds is 3. The first-order chi connectivity index (χ1) is 19.2. The molecule has 3 heteroatoms. The molecule has 0 atom stereocenters. The van der Waals surface area contributed by atoms with Crippen LogP contribution in [0.2, 0.25) is 0 Å². The maximum atomic E-state index is 5.93. The van der Waals surface area contributed by atoms with Crippen LogP contribution in [0.25, 0.3) is 69.9 Å². The predicted octanol–water partition coefficient (Wildman–Crippen LogP) is 10.1. The van der Waals surface area contributed by atoms with E-state index in [0.717, 1.165) is 5.69 Å². The lowest BCUT2D eigenvalue weighted by Crippen LogP contribution is -1.96. The van der Waals surface area contributed by atoms with Crippen molar-refractivity contribution in [2.24, 2.45) is 0 Å². The minimum Gasteiger partial charge on any atom is -0.399 e. The number of thiophene rings is 1. The monoisotopic (exact) mass is 516 g/mol. The molecule has 8 aromatic rings. The van der Waals surface area contributed by atoms with Crippen LogP contribution in [0.1, 0.15) is 0 Å². The van der Waals surface area contributed by atoms with Gasteiger partial charge in [-0.25, -0.2) is 0 Å². The van der Waals surface area contributed by atoms with Crippen molar-refractivity contribution in [3.63, 3.8) is 0 Å². The lowest BCUT2D eigenvalue weighted by atomic mass is 9.99. The van der Waals surface area contributed by atoms with Crippen LogP contribution < -0.4 is 5.73 Å². The molecule has 0 radical (unpaired) electrons. The number of nitrogens with two attached hydrogens (primary N) is 1. The van der Waals surface area contributed by atoms with E-state index in [0.29, 0.717) is 0 Å². The zero-order chi connectivity index (χ0) is 25.9. The molecular weight excluding hydrogens is 492 g/mol. The summed E-state index contributed by atoms with van der Waals surface area (Å²) in [6.07, 6.45) is 0. The minimum absolute atomic E-state index is 0.785. The molecule has 2 aromatic heterocycles. The fourth-order valence-electron chi connectivity index (χ4n) is 5.89. The number of nitrogen functional groups attached to an aromatic ring is 1. The lowest BCUT2D eigenvalue weighted by molar-refractivity contribution is 1.18. The molecule has 8 rings (SSSR count). The number of para-hydroxylation sites is 3. The van der Waals surface area contributed by atoms with Crippen LogP contribution in [0.3, 0.4) is 0 Å². The summed E-state index contributed by atoms with van der Waals surface area (Å²) in [5.74, 6) is 0. The predicted molar refractivity (Wildman–Crippen MR) is 169 cm³/mol. The fourth-order valence-corrected chi connectivity index (χ4v) is 6.96. The quantitative estimate of drug-likeness (QED) is 0.233. The van der Waals surface area contributed by atoms with Gasteiger partial charge in [0.25, 0.3) is 0 Å². The smallest absolute Gasteiger partial charge is 0.0541 e. The van der Waals surface area contributed by atoms with Crippen LogP contribution in [-0.2, 0) is 0 Å². The van der Waals surface area contributed by atoms with Crippen molar-refractivity contribution in [3.8, 4) is 27.9 Å². The first-order valence-corrected chi connectivity index (χ1v) is 14.0. The summed E-state index contributed by atoms with van der Waals surface area (Å²) >= 11 is 1.85. The van der Waals surface area contributed by atoms with Crippen LogP contribution in [0, 0.1) is 0 Å². The summed E-state index contributed by atoms with van der Waals surface area (Å²) in [5.41, 5.74) is 15.2. The van der Waals surface area contributed by atoms with Gasteiger partial charge in [0.05, 0.1) is 16.7 Å². The molecule has 0 aliphatic rings. The SMILES string of the molecule is Nc1ccc(-c2ccc3sc4ccc(-c5ccccc5-n5c6ccccc6c6ccccc65)cc4c3c2)cc1. The van der Waals surface area contributed by atoms with Gasteiger partial charge in [-0.05, 0) is 71.3 Å². The molecule has 0 fully saturated rings. The second kappa shape index (κ2) is 8.59. The van der Waals surface area contributed by atoms with E-state index in [9.17, 15) is 0 Å². The maximum Gasteiger partial charge on any atom is 0.0541 e. The van der Waals surface area contributed by atoms with Gasteiger partial charge in [0.15, 0.2) is 0 Å². The Morgan fingerprint density at radius 3 is 1.69 bits per heavy atom. The van der Waals surface area contributed by atoms with Crippen molar-refractivity contribution in [1.29, 1.82) is 0 Å². The molecule has 0 amide bonds. The molecule has 6 aromatic carbocycles. The molecule has 0 bridgehead atoms. The van der Waals surface area contributed by atoms with Gasteiger partial charge in [-0.3, -0.25) is 0 Å². The van der Waals surface area contributed by atoms with Crippen molar-refractivity contribution in [2.45, 2.75) is 0 Å². The average molecular weight is 517 g/mol. The molecular formula is C36H24N2S. The first kappa shape index (κ1) is 22.2. The molecule has 0 saturated heterocycles. The van der Waals surface area contributed by atoms with E-state index in [2.05, 4.69) is 126 Å². The van der Waals surface area contributed by atoms with Crippen LogP contribution in [0.4, 0.5) is 5.69 Å². The Bertz CT molecular complexity index is 2130. The number of benzene rings is 6. The molecule has 184 valence electrons. The van der Waals surface area contributed by atoms with E-state index in [1.54, 1.807) is 0 Å². The van der Waals surface area contributed by atoms with Gasteiger partial charge >= 0.3 is 0 Å². The van der Waals surface area contributed by atoms with Crippen molar-refractivity contribution < 1.29 is 0 Å². The number of hydrogen-bond donors (Lipinski definition) is 1. The molecule has 39 heavy (non-hydrogen) atoms. The van der Waals surface area contributed by atoms with E-state index in [4.69, 9.17) is 5.73 Å². The van der Waals surface area contributed by atoms with Gasteiger partial charge in [0.1, 0.15) is 0 Å². The van der Waals surface area contributed by atoms with Crippen molar-refractivity contribution in [2.75, 3.05) is 5.73 Å². The third-order valence-corrected chi connectivity index (χ3v) is 8.90. The Hall–Kier alpha value is -4.86. The Morgan fingerprint density at radius 2 is 1.00 bits per heavy atom. The van der Waals surface area contributed by atoms with Crippen LogP contribution >= 0.6 is 11.3 Å². The highest BCUT2D eigenvalue weighted by molar-refractivity contribution is 7.25. The summed E-state index contributed by atoms with van der Waals surface area (Å²) in [4.78, 5) is 0. The van der Waals surface area contributed by atoms with E-state index >= 15 is 0 Å². The van der Waals surface area contributed by atoms with E-state index in [1.165, 1.54) is 69.9 Å². The van der Waals surface area contributed by atoms with Gasteiger partial charge in [-0.15, -0.1) is 11.3 Å². The van der Waals surface area contributed by atoms with E-state index in [-0.39, 0.29) is 0 Å². The average Bonchev–Trinajstić information content (AvgIpc) is 3.52. The number of hydrogen-bond acceptors (Lipinski definition) is 2. The Kier molecular flexibility index (Phi) is 4.88. The summed E-state index contributed by atoms with van der Waals surface area (Å²) in [6.45, 7) is 0. The van der Waals surface area contributed by atoms with Gasteiger partial charge in [0, 0.05) is 42.2 Å². The van der Waals surface area contributed by atoms with Crippen LogP contribution in [0.5, 0.6) is 0 Å². The van der Waals surface area contributed by atoms with Crippen LogP contribution in [0.15, 0.2) is 133 Å². The van der Waals surface area contributed by atoms with Crippen molar-refractivity contribution in [1.82, 2.24) is 4.57 Å². The second-order valence-electron chi connectivity index (χ2n) is 10.0. The zero-order valence-corrected chi connectivity index (χ0v) is 22.0. The standard InChI is InChI=1S/C36H24N2S/c37-26-17-13-23(14-18-26)24-15-19-35-30(21-24)31-22-25(16-20-36(31)39-35)27-7-1-4-10-32(27)38-33-11-5-2-8-28(33)29-9-3-6-12-34(29)38/h1-22H,37H2. The highest BCUT2D eigenvalue weighted by atomic mass is 32.1. The summed E-state index contributed by atoms with van der Waals surface area (Å²) in [5, 5.41) is 5.14. The van der Waals surface area contributed by atoms with Gasteiger partial charge in [-0.1, -0.05) is 78.9 Å². The number of aromatic nitrogens is 1. The molecule has 0 aliphatic carbocycles. The van der Waals surface area contributed by atoms with Gasteiger partial charge in [-0.2, -0.15) is 0 Å². The Balaban J connectivity index is 1.35. The van der Waals surface area contributed by atoms with Crippen molar-refractivity contribution in [3.05, 3.63) is 133 Å². The van der Waals surface area contributed by atoms with E-state index < -0.39 is 0 Å². The van der Waals surface area contributed by atoms with Crippen molar-refractivity contribution >= 4 is 59.0 Å². The maximum absolute atomic E-state index is 5.93. The molecule has 0 aliphatic heterocycles.